The van der Waals surface area contributed by atoms with E-state index in [0.717, 1.165) is 0 Å². The highest BCUT2D eigenvalue weighted by molar-refractivity contribution is 5.98. The predicted octanol–water partition coefficient (Wildman–Crippen LogP) is 3.82. The van der Waals surface area contributed by atoms with E-state index in [1.54, 1.807) is 12.1 Å². The third-order valence-corrected chi connectivity index (χ3v) is 3.98. The number of hydrogen-bond acceptors (Lipinski definition) is 7. The van der Waals surface area contributed by atoms with E-state index in [1.807, 2.05) is 13.8 Å². The van der Waals surface area contributed by atoms with Crippen LogP contribution in [0.2, 0.25) is 0 Å². The zero-order valence-electron chi connectivity index (χ0n) is 17.2. The van der Waals surface area contributed by atoms with Crippen LogP contribution in [0.5, 0.6) is 11.5 Å². The van der Waals surface area contributed by atoms with Crippen LogP contribution in [-0.2, 0) is 9.53 Å². The maximum atomic E-state index is 12.4. The number of benzene rings is 2. The van der Waals surface area contributed by atoms with Gasteiger partial charge in [-0.15, -0.1) is 0 Å². The van der Waals surface area contributed by atoms with Gasteiger partial charge in [0.1, 0.15) is 5.69 Å². The normalized spacial score (nSPS) is 11.5. The number of anilines is 1. The van der Waals surface area contributed by atoms with Crippen molar-refractivity contribution in [2.45, 2.75) is 26.9 Å². The van der Waals surface area contributed by atoms with Gasteiger partial charge >= 0.3 is 5.97 Å². The van der Waals surface area contributed by atoms with E-state index in [-0.39, 0.29) is 16.9 Å². The van der Waals surface area contributed by atoms with Gasteiger partial charge in [0.2, 0.25) is 0 Å². The van der Waals surface area contributed by atoms with Crippen LogP contribution >= 0.6 is 0 Å². The highest BCUT2D eigenvalue weighted by Crippen LogP contribution is 2.29. The van der Waals surface area contributed by atoms with Crippen molar-refractivity contribution in [3.63, 3.8) is 0 Å². The Morgan fingerprint density at radius 2 is 1.80 bits per heavy atom. The molecule has 0 saturated carbocycles. The van der Waals surface area contributed by atoms with E-state index in [9.17, 15) is 19.7 Å². The Bertz CT molecular complexity index is 927. The largest absolute Gasteiger partial charge is 0.493 e. The van der Waals surface area contributed by atoms with Gasteiger partial charge in [-0.2, -0.15) is 0 Å². The average molecular weight is 416 g/mol. The van der Waals surface area contributed by atoms with Crippen molar-refractivity contribution in [1.29, 1.82) is 0 Å². The molecular formula is C21H24N2O7. The van der Waals surface area contributed by atoms with E-state index in [0.29, 0.717) is 24.0 Å². The molecule has 0 fully saturated rings. The minimum absolute atomic E-state index is 0.0173. The molecule has 0 unspecified atom stereocenters. The number of hydrogen-bond donors (Lipinski definition) is 1. The van der Waals surface area contributed by atoms with Crippen molar-refractivity contribution in [3.8, 4) is 11.5 Å². The predicted molar refractivity (Wildman–Crippen MR) is 110 cm³/mol. The van der Waals surface area contributed by atoms with Gasteiger partial charge in [-0.05, 0) is 37.1 Å². The van der Waals surface area contributed by atoms with Crippen molar-refractivity contribution in [3.05, 3.63) is 58.1 Å². The standard InChI is InChI=1S/C21H24N2O7/c1-13(2)12-29-18-10-9-15(11-19(18)28-4)21(25)30-14(3)20(24)22-16-7-5-6-8-17(16)23(26)27/h5-11,13-14H,12H2,1-4H3,(H,22,24)/t14-/m0/s1. The van der Waals surface area contributed by atoms with Gasteiger partial charge in [0.15, 0.2) is 17.6 Å². The first kappa shape index (κ1) is 22.7. The summed E-state index contributed by atoms with van der Waals surface area (Å²) in [5.74, 6) is -0.262. The highest BCUT2D eigenvalue weighted by atomic mass is 16.6. The second-order valence-electron chi connectivity index (χ2n) is 6.88. The average Bonchev–Trinajstić information content (AvgIpc) is 2.72. The van der Waals surface area contributed by atoms with Crippen LogP contribution in [0, 0.1) is 16.0 Å². The van der Waals surface area contributed by atoms with Gasteiger partial charge in [-0.25, -0.2) is 4.79 Å². The van der Waals surface area contributed by atoms with Crippen LogP contribution < -0.4 is 14.8 Å². The lowest BCUT2D eigenvalue weighted by atomic mass is 10.2. The number of esters is 1. The number of amides is 1. The summed E-state index contributed by atoms with van der Waals surface area (Å²) in [5.41, 5.74) is -0.0658. The quantitative estimate of drug-likeness (QED) is 0.375. The van der Waals surface area contributed by atoms with Gasteiger partial charge in [0, 0.05) is 6.07 Å². The molecule has 9 nitrogen and oxygen atoms in total. The summed E-state index contributed by atoms with van der Waals surface area (Å²) in [6.45, 7) is 5.88. The molecule has 0 bridgehead atoms. The second kappa shape index (κ2) is 10.2. The van der Waals surface area contributed by atoms with Crippen LogP contribution in [0.15, 0.2) is 42.5 Å². The molecule has 160 valence electrons. The molecule has 1 amide bonds. The number of rotatable bonds is 9. The smallest absolute Gasteiger partial charge is 0.339 e. The maximum absolute atomic E-state index is 12.4. The molecule has 1 N–H and O–H groups in total. The van der Waals surface area contributed by atoms with Gasteiger partial charge < -0.3 is 19.5 Å². The number of nitrogens with one attached hydrogen (secondary N) is 1. The number of nitro groups is 1. The van der Waals surface area contributed by atoms with Gasteiger partial charge in [-0.1, -0.05) is 26.0 Å². The summed E-state index contributed by atoms with van der Waals surface area (Å²) in [7, 11) is 1.45. The minimum atomic E-state index is -1.18. The number of nitrogens with zero attached hydrogens (tertiary/aromatic N) is 1. The SMILES string of the molecule is COc1cc(C(=O)O[C@@H](C)C(=O)Nc2ccccc2[N+](=O)[O-])ccc1OCC(C)C. The number of ether oxygens (including phenoxy) is 3. The fourth-order valence-electron chi connectivity index (χ4n) is 2.43. The molecule has 0 aliphatic rings. The maximum Gasteiger partial charge on any atom is 0.339 e. The third kappa shape index (κ3) is 5.94. The zero-order valence-corrected chi connectivity index (χ0v) is 17.2. The summed E-state index contributed by atoms with van der Waals surface area (Å²) >= 11 is 0. The van der Waals surface area contributed by atoms with Crippen molar-refractivity contribution >= 4 is 23.3 Å². The van der Waals surface area contributed by atoms with E-state index in [2.05, 4.69) is 5.32 Å². The Labute approximate surface area is 174 Å². The molecule has 0 heterocycles. The fraction of sp³-hybridized carbons (Fsp3) is 0.333. The molecular weight excluding hydrogens is 392 g/mol. The van der Waals surface area contributed by atoms with E-state index < -0.39 is 22.9 Å². The first-order valence-corrected chi connectivity index (χ1v) is 9.29. The summed E-state index contributed by atoms with van der Waals surface area (Å²) in [4.78, 5) is 35.2. The van der Waals surface area contributed by atoms with Crippen LogP contribution in [0.4, 0.5) is 11.4 Å². The lowest BCUT2D eigenvalue weighted by Gasteiger charge is -2.15. The van der Waals surface area contributed by atoms with Crippen LogP contribution in [0.3, 0.4) is 0 Å². The molecule has 0 spiro atoms. The highest BCUT2D eigenvalue weighted by Gasteiger charge is 2.23. The molecule has 1 atom stereocenters. The van der Waals surface area contributed by atoms with Crippen molar-refractivity contribution in [2.24, 2.45) is 5.92 Å². The fourth-order valence-corrected chi connectivity index (χ4v) is 2.43. The summed E-state index contributed by atoms with van der Waals surface area (Å²) < 4.78 is 16.1. The topological polar surface area (TPSA) is 117 Å². The molecule has 0 aliphatic heterocycles. The number of carbonyl (C=O) groups is 2. The molecule has 0 aliphatic carbocycles. The Balaban J connectivity index is 2.06. The first-order chi connectivity index (χ1) is 14.2. The van der Waals surface area contributed by atoms with Crippen LogP contribution in [0.25, 0.3) is 0 Å². The number of nitro benzene ring substituents is 1. The molecule has 2 rings (SSSR count). The lowest BCUT2D eigenvalue weighted by molar-refractivity contribution is -0.383. The number of methoxy groups -OCH3 is 1. The molecule has 0 aromatic heterocycles. The first-order valence-electron chi connectivity index (χ1n) is 9.29. The van der Waals surface area contributed by atoms with Crippen LogP contribution in [0.1, 0.15) is 31.1 Å². The molecule has 2 aromatic rings. The van der Waals surface area contributed by atoms with Crippen molar-refractivity contribution in [1.82, 2.24) is 0 Å². The Morgan fingerprint density at radius 1 is 1.10 bits per heavy atom. The Hall–Kier alpha value is -3.62. The van der Waals surface area contributed by atoms with Crippen molar-refractivity contribution in [2.75, 3.05) is 19.0 Å². The Kier molecular flexibility index (Phi) is 7.74. The minimum Gasteiger partial charge on any atom is -0.493 e. The lowest BCUT2D eigenvalue weighted by Crippen LogP contribution is -2.30. The molecule has 9 heteroatoms. The molecule has 0 saturated heterocycles. The second-order valence-corrected chi connectivity index (χ2v) is 6.88. The Morgan fingerprint density at radius 3 is 2.43 bits per heavy atom. The van der Waals surface area contributed by atoms with Gasteiger partial charge in [-0.3, -0.25) is 14.9 Å². The molecule has 30 heavy (non-hydrogen) atoms. The third-order valence-electron chi connectivity index (χ3n) is 3.98. The molecule has 0 radical (unpaired) electrons. The van der Waals surface area contributed by atoms with Crippen LogP contribution in [-0.4, -0.2) is 36.6 Å². The summed E-state index contributed by atoms with van der Waals surface area (Å²) in [6, 6.07) is 10.3. The van der Waals surface area contributed by atoms with E-state index >= 15 is 0 Å². The monoisotopic (exact) mass is 416 g/mol. The van der Waals surface area contributed by atoms with Crippen molar-refractivity contribution < 1.29 is 28.7 Å². The summed E-state index contributed by atoms with van der Waals surface area (Å²) in [5, 5.41) is 13.5. The van der Waals surface area contributed by atoms with Gasteiger partial charge in [0.25, 0.3) is 11.6 Å². The summed E-state index contributed by atoms with van der Waals surface area (Å²) in [6.07, 6.45) is -1.18. The van der Waals surface area contributed by atoms with E-state index in [1.165, 1.54) is 44.4 Å². The molecule has 2 aromatic carbocycles. The number of carbonyl (C=O) groups excluding carboxylic acids is 2. The van der Waals surface area contributed by atoms with E-state index in [4.69, 9.17) is 14.2 Å². The zero-order chi connectivity index (χ0) is 22.3. The number of para-hydroxylation sites is 2. The van der Waals surface area contributed by atoms with Gasteiger partial charge in [0.05, 0.1) is 24.2 Å².